The van der Waals surface area contributed by atoms with Crippen molar-refractivity contribution in [3.8, 4) is 0 Å². The minimum absolute atomic E-state index is 0.111. The number of H-pyrrole nitrogens is 1. The quantitative estimate of drug-likeness (QED) is 0.907. The summed E-state index contributed by atoms with van der Waals surface area (Å²) in [6, 6.07) is 3.82. The molecule has 0 radical (unpaired) electrons. The van der Waals surface area contributed by atoms with Crippen LogP contribution in [-0.2, 0) is 5.54 Å². The predicted octanol–water partition coefficient (Wildman–Crippen LogP) is 2.26. The van der Waals surface area contributed by atoms with E-state index in [2.05, 4.69) is 20.5 Å². The topological polar surface area (TPSA) is 70.7 Å². The molecule has 0 saturated heterocycles. The number of hydrogen-bond donors (Lipinski definition) is 2. The van der Waals surface area contributed by atoms with Crippen LogP contribution in [0.4, 0.5) is 4.39 Å². The highest BCUT2D eigenvalue weighted by Gasteiger charge is 2.27. The van der Waals surface area contributed by atoms with Crippen LogP contribution < -0.4 is 5.32 Å². The summed E-state index contributed by atoms with van der Waals surface area (Å²) >= 11 is 5.76. The van der Waals surface area contributed by atoms with Crippen LogP contribution in [0, 0.1) is 5.82 Å². The second-order valence-electron chi connectivity index (χ2n) is 4.54. The number of carbonyl (C=O) groups is 1. The van der Waals surface area contributed by atoms with E-state index >= 15 is 0 Å². The minimum atomic E-state index is -0.803. The monoisotopic (exact) mass is 282 g/mol. The zero-order valence-corrected chi connectivity index (χ0v) is 11.1. The highest BCUT2D eigenvalue weighted by atomic mass is 35.5. The highest BCUT2D eigenvalue weighted by Crippen LogP contribution is 2.19. The van der Waals surface area contributed by atoms with E-state index < -0.39 is 17.3 Å². The van der Waals surface area contributed by atoms with E-state index in [9.17, 15) is 9.18 Å². The maximum atomic E-state index is 13.6. The summed E-state index contributed by atoms with van der Waals surface area (Å²) in [6.07, 6.45) is 1.34. The summed E-state index contributed by atoms with van der Waals surface area (Å²) in [7, 11) is 0. The van der Waals surface area contributed by atoms with E-state index in [0.29, 0.717) is 10.8 Å². The smallest absolute Gasteiger partial charge is 0.255 e. The maximum Gasteiger partial charge on any atom is 0.255 e. The first-order valence-electron chi connectivity index (χ1n) is 5.53. The van der Waals surface area contributed by atoms with Crippen molar-refractivity contribution in [3.05, 3.63) is 46.8 Å². The van der Waals surface area contributed by atoms with E-state index in [1.807, 2.05) is 0 Å². The van der Waals surface area contributed by atoms with Crippen LogP contribution in [0.2, 0.25) is 5.02 Å². The Bertz CT molecular complexity index is 598. The molecule has 19 heavy (non-hydrogen) atoms. The predicted molar refractivity (Wildman–Crippen MR) is 68.3 cm³/mol. The minimum Gasteiger partial charge on any atom is -0.340 e. The summed E-state index contributed by atoms with van der Waals surface area (Å²) in [4.78, 5) is 16.0. The van der Waals surface area contributed by atoms with Crippen LogP contribution >= 0.6 is 11.6 Å². The number of halogens is 2. The molecule has 0 aliphatic rings. The Labute approximate surface area is 114 Å². The molecule has 1 aromatic carbocycles. The molecule has 1 aromatic heterocycles. The Hall–Kier alpha value is -1.95. The first-order valence-corrected chi connectivity index (χ1v) is 5.91. The molecule has 7 heteroatoms. The van der Waals surface area contributed by atoms with Crippen LogP contribution in [0.15, 0.2) is 24.5 Å². The molecular formula is C12H12ClFN4O. The number of benzene rings is 1. The maximum absolute atomic E-state index is 13.6. The van der Waals surface area contributed by atoms with Crippen LogP contribution in [0.1, 0.15) is 30.0 Å². The molecule has 2 aromatic rings. The first kappa shape index (κ1) is 13.5. The van der Waals surface area contributed by atoms with Crippen LogP contribution in [0.3, 0.4) is 0 Å². The van der Waals surface area contributed by atoms with Gasteiger partial charge in [0.15, 0.2) is 0 Å². The second kappa shape index (κ2) is 4.97. The summed E-state index contributed by atoms with van der Waals surface area (Å²) in [6.45, 7) is 3.46. The number of nitrogens with zero attached hydrogens (tertiary/aromatic N) is 2. The molecule has 2 N–H and O–H groups in total. The number of amides is 1. The lowest BCUT2D eigenvalue weighted by molar-refractivity contribution is 0.0904. The number of rotatable bonds is 3. The number of carbonyl (C=O) groups excluding carboxylic acids is 1. The molecule has 1 heterocycles. The van der Waals surface area contributed by atoms with Crippen LogP contribution in [0.5, 0.6) is 0 Å². The van der Waals surface area contributed by atoms with Gasteiger partial charge in [0.2, 0.25) is 0 Å². The highest BCUT2D eigenvalue weighted by molar-refractivity contribution is 6.31. The van der Waals surface area contributed by atoms with Crippen molar-refractivity contribution in [3.63, 3.8) is 0 Å². The Kier molecular flexibility index (Phi) is 3.53. The molecule has 0 atom stereocenters. The van der Waals surface area contributed by atoms with Gasteiger partial charge in [-0.2, -0.15) is 5.10 Å². The van der Waals surface area contributed by atoms with Crippen molar-refractivity contribution in [1.82, 2.24) is 20.5 Å². The van der Waals surface area contributed by atoms with Crippen LogP contribution in [-0.4, -0.2) is 21.1 Å². The van der Waals surface area contributed by atoms with Gasteiger partial charge >= 0.3 is 0 Å². The van der Waals surface area contributed by atoms with Gasteiger partial charge in [-0.3, -0.25) is 9.89 Å². The van der Waals surface area contributed by atoms with Gasteiger partial charge < -0.3 is 5.32 Å². The molecule has 5 nitrogen and oxygen atoms in total. The average molecular weight is 283 g/mol. The largest absolute Gasteiger partial charge is 0.340 e. The van der Waals surface area contributed by atoms with Crippen molar-refractivity contribution < 1.29 is 9.18 Å². The molecule has 0 fully saturated rings. The first-order chi connectivity index (χ1) is 8.90. The molecular weight excluding hydrogens is 271 g/mol. The third kappa shape index (κ3) is 2.90. The SMILES string of the molecule is CC(C)(NC(=O)c1cc(Cl)ccc1F)c1ncn[nH]1. The van der Waals surface area contributed by atoms with Crippen molar-refractivity contribution in [2.45, 2.75) is 19.4 Å². The Morgan fingerprint density at radius 2 is 2.21 bits per heavy atom. The Balaban J connectivity index is 2.24. The fraction of sp³-hybridized carbons (Fsp3) is 0.250. The lowest BCUT2D eigenvalue weighted by Crippen LogP contribution is -2.42. The molecule has 0 unspecified atom stereocenters. The van der Waals surface area contributed by atoms with Crippen LogP contribution in [0.25, 0.3) is 0 Å². The Morgan fingerprint density at radius 3 is 2.84 bits per heavy atom. The number of hydrogen-bond acceptors (Lipinski definition) is 3. The fourth-order valence-corrected chi connectivity index (χ4v) is 1.76. The number of aromatic amines is 1. The standard InChI is InChI=1S/C12H12ClFN4O/c1-12(2,11-15-6-16-18-11)17-10(19)8-5-7(13)3-4-9(8)14/h3-6H,1-2H3,(H,17,19)(H,15,16,18). The van der Waals surface area contributed by atoms with Crippen molar-refractivity contribution in [2.24, 2.45) is 0 Å². The molecule has 0 saturated carbocycles. The Morgan fingerprint density at radius 1 is 1.47 bits per heavy atom. The molecule has 0 spiro atoms. The zero-order chi connectivity index (χ0) is 14.0. The lowest BCUT2D eigenvalue weighted by atomic mass is 10.0. The second-order valence-corrected chi connectivity index (χ2v) is 4.97. The molecule has 0 aliphatic heterocycles. The summed E-state index contributed by atoms with van der Waals surface area (Å²) < 4.78 is 13.6. The average Bonchev–Trinajstić information content (AvgIpc) is 2.86. The molecule has 0 bridgehead atoms. The van der Waals surface area contributed by atoms with E-state index in [0.717, 1.165) is 6.07 Å². The van der Waals surface area contributed by atoms with Gasteiger partial charge in [0, 0.05) is 5.02 Å². The van der Waals surface area contributed by atoms with E-state index in [1.54, 1.807) is 13.8 Å². The van der Waals surface area contributed by atoms with Gasteiger partial charge in [-0.05, 0) is 32.0 Å². The summed E-state index contributed by atoms with van der Waals surface area (Å²) in [5, 5.41) is 9.35. The summed E-state index contributed by atoms with van der Waals surface area (Å²) in [5.74, 6) is -0.722. The van der Waals surface area contributed by atoms with Crippen molar-refractivity contribution >= 4 is 17.5 Å². The summed E-state index contributed by atoms with van der Waals surface area (Å²) in [5.41, 5.74) is -0.914. The van der Waals surface area contributed by atoms with Gasteiger partial charge in [-0.25, -0.2) is 9.37 Å². The van der Waals surface area contributed by atoms with Gasteiger partial charge in [0.1, 0.15) is 18.0 Å². The normalized spacial score (nSPS) is 11.4. The van der Waals surface area contributed by atoms with Crippen molar-refractivity contribution in [2.75, 3.05) is 0 Å². The van der Waals surface area contributed by atoms with E-state index in [4.69, 9.17) is 11.6 Å². The fourth-order valence-electron chi connectivity index (χ4n) is 1.59. The number of aromatic nitrogens is 3. The lowest BCUT2D eigenvalue weighted by Gasteiger charge is -2.23. The molecule has 2 rings (SSSR count). The van der Waals surface area contributed by atoms with Gasteiger partial charge in [-0.15, -0.1) is 0 Å². The third-order valence-electron chi connectivity index (χ3n) is 2.61. The number of nitrogens with one attached hydrogen (secondary N) is 2. The molecule has 0 aliphatic carbocycles. The van der Waals surface area contributed by atoms with Gasteiger partial charge in [-0.1, -0.05) is 11.6 Å². The van der Waals surface area contributed by atoms with Gasteiger partial charge in [0.05, 0.1) is 11.1 Å². The zero-order valence-electron chi connectivity index (χ0n) is 10.4. The van der Waals surface area contributed by atoms with E-state index in [-0.39, 0.29) is 5.56 Å². The third-order valence-corrected chi connectivity index (χ3v) is 2.84. The van der Waals surface area contributed by atoms with Crippen molar-refractivity contribution in [1.29, 1.82) is 0 Å². The van der Waals surface area contributed by atoms with Gasteiger partial charge in [0.25, 0.3) is 5.91 Å². The molecule has 1 amide bonds. The molecule has 100 valence electrons. The van der Waals surface area contributed by atoms with E-state index in [1.165, 1.54) is 18.5 Å².